The summed E-state index contributed by atoms with van der Waals surface area (Å²) < 4.78 is 1.94. The van der Waals surface area contributed by atoms with Crippen molar-refractivity contribution in [2.45, 2.75) is 25.8 Å². The van der Waals surface area contributed by atoms with Crippen LogP contribution >= 0.6 is 0 Å². The van der Waals surface area contributed by atoms with Crippen molar-refractivity contribution in [2.24, 2.45) is 0 Å². The second-order valence-electron chi connectivity index (χ2n) is 6.47. The van der Waals surface area contributed by atoms with E-state index in [1.807, 2.05) is 45.5 Å². The summed E-state index contributed by atoms with van der Waals surface area (Å²) in [7, 11) is 0. The van der Waals surface area contributed by atoms with E-state index in [-0.39, 0.29) is 18.0 Å². The predicted octanol–water partition coefficient (Wildman–Crippen LogP) is 1.27. The molecule has 24 heavy (non-hydrogen) atoms. The number of nitrogens with zero attached hydrogens (tertiary/aromatic N) is 4. The van der Waals surface area contributed by atoms with Gasteiger partial charge in [-0.3, -0.25) is 4.79 Å². The van der Waals surface area contributed by atoms with Gasteiger partial charge in [-0.1, -0.05) is 6.07 Å². The van der Waals surface area contributed by atoms with Crippen LogP contribution in [0.1, 0.15) is 29.0 Å². The van der Waals surface area contributed by atoms with Gasteiger partial charge < -0.3 is 19.5 Å². The summed E-state index contributed by atoms with van der Waals surface area (Å²) in [6.07, 6.45) is 3.46. The second-order valence-corrected chi connectivity index (χ2v) is 6.47. The Balaban J connectivity index is 1.45. The molecule has 2 aliphatic heterocycles. The smallest absolute Gasteiger partial charge is 0.317 e. The predicted molar refractivity (Wildman–Crippen MR) is 89.0 cm³/mol. The van der Waals surface area contributed by atoms with Gasteiger partial charge in [-0.25, -0.2) is 9.78 Å². The minimum absolute atomic E-state index is 0.0237. The molecule has 2 aliphatic rings. The van der Waals surface area contributed by atoms with Gasteiger partial charge in [0, 0.05) is 44.1 Å². The Morgan fingerprint density at radius 2 is 2.04 bits per heavy atom. The molecular formula is C17H21N5O2. The summed E-state index contributed by atoms with van der Waals surface area (Å²) in [5.74, 6) is -0.0255. The van der Waals surface area contributed by atoms with Gasteiger partial charge in [0.15, 0.2) is 0 Å². The molecule has 7 heteroatoms. The topological polar surface area (TPSA) is 70.0 Å². The van der Waals surface area contributed by atoms with E-state index in [0.717, 1.165) is 37.3 Å². The van der Waals surface area contributed by atoms with Crippen LogP contribution in [0.3, 0.4) is 0 Å². The molecule has 7 nitrogen and oxygen atoms in total. The molecule has 2 saturated heterocycles. The molecule has 0 saturated carbocycles. The van der Waals surface area contributed by atoms with Crippen LogP contribution in [0.2, 0.25) is 0 Å². The summed E-state index contributed by atoms with van der Waals surface area (Å²) in [5.41, 5.74) is 2.33. The number of hydrogen-bond donors (Lipinski definition) is 1. The van der Waals surface area contributed by atoms with E-state index >= 15 is 0 Å². The molecule has 0 aliphatic carbocycles. The van der Waals surface area contributed by atoms with Crippen molar-refractivity contribution in [1.29, 1.82) is 0 Å². The van der Waals surface area contributed by atoms with E-state index in [4.69, 9.17) is 0 Å². The maximum absolute atomic E-state index is 12.7. The molecule has 3 amide bonds. The van der Waals surface area contributed by atoms with Crippen molar-refractivity contribution in [3.63, 3.8) is 0 Å². The number of urea groups is 1. The molecule has 0 bridgehead atoms. The van der Waals surface area contributed by atoms with Crippen LogP contribution in [0.25, 0.3) is 5.65 Å². The first-order valence-corrected chi connectivity index (χ1v) is 8.42. The fraction of sp³-hybridized carbons (Fsp3) is 0.471. The van der Waals surface area contributed by atoms with Gasteiger partial charge in [-0.15, -0.1) is 0 Å². The van der Waals surface area contributed by atoms with Crippen molar-refractivity contribution in [2.75, 3.05) is 26.2 Å². The number of hydrogen-bond acceptors (Lipinski definition) is 3. The number of aryl methyl sites for hydroxylation is 1. The lowest BCUT2D eigenvalue weighted by molar-refractivity contribution is 0.0661. The monoisotopic (exact) mass is 327 g/mol. The van der Waals surface area contributed by atoms with Crippen LogP contribution in [0.15, 0.2) is 24.4 Å². The summed E-state index contributed by atoms with van der Waals surface area (Å²) in [6.45, 7) is 4.82. The Kier molecular flexibility index (Phi) is 3.63. The highest BCUT2D eigenvalue weighted by Gasteiger charge is 2.32. The van der Waals surface area contributed by atoms with Crippen LogP contribution in [0, 0.1) is 6.92 Å². The van der Waals surface area contributed by atoms with Crippen LogP contribution < -0.4 is 5.32 Å². The zero-order valence-corrected chi connectivity index (χ0v) is 13.7. The molecule has 4 heterocycles. The zero-order valence-electron chi connectivity index (χ0n) is 13.7. The Morgan fingerprint density at radius 1 is 1.25 bits per heavy atom. The van der Waals surface area contributed by atoms with Crippen LogP contribution in [-0.4, -0.2) is 63.3 Å². The first kappa shape index (κ1) is 15.0. The number of amides is 3. The maximum atomic E-state index is 12.7. The summed E-state index contributed by atoms with van der Waals surface area (Å²) >= 11 is 0. The normalized spacial score (nSPS) is 19.1. The highest BCUT2D eigenvalue weighted by molar-refractivity contribution is 5.93. The molecule has 0 unspecified atom stereocenters. The first-order valence-electron chi connectivity index (χ1n) is 8.42. The van der Waals surface area contributed by atoms with Gasteiger partial charge in [-0.05, 0) is 31.9 Å². The molecule has 2 aromatic rings. The van der Waals surface area contributed by atoms with Crippen molar-refractivity contribution in [3.8, 4) is 0 Å². The first-order chi connectivity index (χ1) is 11.6. The van der Waals surface area contributed by atoms with Crippen LogP contribution in [0.4, 0.5) is 4.79 Å². The standard InChI is InChI=1S/C17H21N5O2/c1-12-3-2-4-15-19-14(11-22(12)15)16(23)20-8-5-13(6-9-20)21-10-7-18-17(21)24/h2-4,11,13H,5-10H2,1H3,(H,18,24). The van der Waals surface area contributed by atoms with Gasteiger partial charge in [0.1, 0.15) is 11.3 Å². The lowest BCUT2D eigenvalue weighted by Crippen LogP contribution is -2.47. The van der Waals surface area contributed by atoms with Crippen LogP contribution in [-0.2, 0) is 0 Å². The molecular weight excluding hydrogens is 306 g/mol. The second kappa shape index (κ2) is 5.81. The number of fused-ring (bicyclic) bond motifs is 1. The third kappa shape index (κ3) is 2.50. The Morgan fingerprint density at radius 3 is 2.71 bits per heavy atom. The number of piperidine rings is 1. The number of pyridine rings is 1. The average molecular weight is 327 g/mol. The Hall–Kier alpha value is -2.57. The summed E-state index contributed by atoms with van der Waals surface area (Å²) in [5, 5.41) is 2.84. The van der Waals surface area contributed by atoms with E-state index in [2.05, 4.69) is 10.3 Å². The molecule has 0 aromatic carbocycles. The maximum Gasteiger partial charge on any atom is 0.317 e. The van der Waals surface area contributed by atoms with Crippen LogP contribution in [0.5, 0.6) is 0 Å². The van der Waals surface area contributed by atoms with E-state index in [0.29, 0.717) is 18.8 Å². The van der Waals surface area contributed by atoms with Crippen molar-refractivity contribution < 1.29 is 9.59 Å². The SMILES string of the molecule is Cc1cccc2nc(C(=O)N3CCC(N4CCNC4=O)CC3)cn12. The van der Waals surface area contributed by atoms with Crippen molar-refractivity contribution >= 4 is 17.6 Å². The highest BCUT2D eigenvalue weighted by atomic mass is 16.2. The average Bonchev–Trinajstić information content (AvgIpc) is 3.21. The molecule has 1 N–H and O–H groups in total. The number of likely N-dealkylation sites (tertiary alicyclic amines) is 1. The third-order valence-electron chi connectivity index (χ3n) is 5.00. The van der Waals surface area contributed by atoms with Gasteiger partial charge >= 0.3 is 6.03 Å². The number of aromatic nitrogens is 2. The molecule has 2 aromatic heterocycles. The molecule has 0 radical (unpaired) electrons. The molecule has 126 valence electrons. The lowest BCUT2D eigenvalue weighted by Gasteiger charge is -2.35. The van der Waals surface area contributed by atoms with Gasteiger partial charge in [0.2, 0.25) is 0 Å². The van der Waals surface area contributed by atoms with E-state index in [1.165, 1.54) is 0 Å². The number of rotatable bonds is 2. The minimum Gasteiger partial charge on any atom is -0.337 e. The number of imidazole rings is 1. The largest absolute Gasteiger partial charge is 0.337 e. The number of nitrogens with one attached hydrogen (secondary N) is 1. The fourth-order valence-corrected chi connectivity index (χ4v) is 3.63. The van der Waals surface area contributed by atoms with E-state index in [9.17, 15) is 9.59 Å². The van der Waals surface area contributed by atoms with Gasteiger partial charge in [0.25, 0.3) is 5.91 Å². The van der Waals surface area contributed by atoms with Crippen molar-refractivity contribution in [3.05, 3.63) is 35.8 Å². The molecule has 4 rings (SSSR count). The summed E-state index contributed by atoms with van der Waals surface area (Å²) in [6, 6.07) is 6.10. The Labute approximate surface area is 140 Å². The van der Waals surface area contributed by atoms with E-state index in [1.54, 1.807) is 0 Å². The molecule has 0 spiro atoms. The number of carbonyl (C=O) groups is 2. The van der Waals surface area contributed by atoms with Crippen molar-refractivity contribution in [1.82, 2.24) is 24.5 Å². The van der Waals surface area contributed by atoms with Gasteiger partial charge in [0.05, 0.1) is 0 Å². The third-order valence-corrected chi connectivity index (χ3v) is 5.00. The molecule has 0 atom stereocenters. The fourth-order valence-electron chi connectivity index (χ4n) is 3.63. The quantitative estimate of drug-likeness (QED) is 0.903. The van der Waals surface area contributed by atoms with E-state index < -0.39 is 0 Å². The Bertz CT molecular complexity index is 791. The number of carbonyl (C=O) groups excluding carboxylic acids is 2. The lowest BCUT2D eigenvalue weighted by atomic mass is 10.0. The highest BCUT2D eigenvalue weighted by Crippen LogP contribution is 2.20. The van der Waals surface area contributed by atoms with Gasteiger partial charge in [-0.2, -0.15) is 0 Å². The minimum atomic E-state index is -0.0255. The molecule has 2 fully saturated rings. The summed E-state index contributed by atoms with van der Waals surface area (Å²) in [4.78, 5) is 32.7. The zero-order chi connectivity index (χ0) is 16.7.